The van der Waals surface area contributed by atoms with E-state index >= 15 is 0 Å². The van der Waals surface area contributed by atoms with E-state index in [9.17, 15) is 9.59 Å². The summed E-state index contributed by atoms with van der Waals surface area (Å²) in [6.07, 6.45) is 5.52. The van der Waals surface area contributed by atoms with Crippen molar-refractivity contribution < 1.29 is 9.53 Å². The lowest BCUT2D eigenvalue weighted by molar-refractivity contribution is 0.0706. The van der Waals surface area contributed by atoms with Gasteiger partial charge < -0.3 is 14.2 Å². The molecule has 3 aromatic rings. The molecule has 9 heteroatoms. The van der Waals surface area contributed by atoms with E-state index in [0.717, 1.165) is 30.0 Å². The van der Waals surface area contributed by atoms with Crippen molar-refractivity contribution in [3.8, 4) is 5.75 Å². The number of carbonyl (C=O) groups is 1. The van der Waals surface area contributed by atoms with Crippen LogP contribution in [-0.2, 0) is 7.05 Å². The fraction of sp³-hybridized carbons (Fsp3) is 0.476. The topological polar surface area (TPSA) is 94.6 Å². The first kappa shape index (κ1) is 18.8. The summed E-state index contributed by atoms with van der Waals surface area (Å²) in [6.45, 7) is 1.21. The summed E-state index contributed by atoms with van der Waals surface area (Å²) >= 11 is 0. The molecule has 0 bridgehead atoms. The van der Waals surface area contributed by atoms with E-state index < -0.39 is 0 Å². The highest BCUT2D eigenvalue weighted by Crippen LogP contribution is 2.39. The molecule has 0 N–H and O–H groups in total. The Morgan fingerprint density at radius 1 is 1.10 bits per heavy atom. The van der Waals surface area contributed by atoms with Gasteiger partial charge in [-0.2, -0.15) is 9.61 Å². The second kappa shape index (κ2) is 7.23. The second-order valence-electron chi connectivity index (χ2n) is 8.13. The molecule has 2 fully saturated rings. The zero-order chi connectivity index (χ0) is 20.8. The molecule has 4 heterocycles. The van der Waals surface area contributed by atoms with Crippen molar-refractivity contribution in [3.63, 3.8) is 0 Å². The van der Waals surface area contributed by atoms with Gasteiger partial charge in [0.1, 0.15) is 5.75 Å². The monoisotopic (exact) mass is 408 g/mol. The van der Waals surface area contributed by atoms with Gasteiger partial charge in [0.15, 0.2) is 11.5 Å². The number of aryl methyl sites for hydroxylation is 1. The van der Waals surface area contributed by atoms with E-state index in [1.807, 2.05) is 21.5 Å². The van der Waals surface area contributed by atoms with Crippen LogP contribution in [0.15, 0.2) is 29.2 Å². The van der Waals surface area contributed by atoms with Crippen LogP contribution in [-0.4, -0.2) is 55.4 Å². The Labute approximate surface area is 173 Å². The predicted molar refractivity (Wildman–Crippen MR) is 109 cm³/mol. The Hall–Kier alpha value is -3.23. The fourth-order valence-corrected chi connectivity index (χ4v) is 4.12. The summed E-state index contributed by atoms with van der Waals surface area (Å²) in [6, 6.07) is 5.39. The van der Waals surface area contributed by atoms with Crippen molar-refractivity contribution in [1.82, 2.24) is 29.3 Å². The molecule has 0 unspecified atom stereocenters. The van der Waals surface area contributed by atoms with Crippen molar-refractivity contribution in [2.24, 2.45) is 7.05 Å². The molecular weight excluding hydrogens is 384 g/mol. The van der Waals surface area contributed by atoms with Gasteiger partial charge in [0, 0.05) is 44.2 Å². The van der Waals surface area contributed by atoms with Crippen LogP contribution in [0.1, 0.15) is 59.4 Å². The van der Waals surface area contributed by atoms with E-state index in [4.69, 9.17) is 9.84 Å². The van der Waals surface area contributed by atoms with Crippen LogP contribution in [0.25, 0.3) is 5.65 Å². The van der Waals surface area contributed by atoms with Crippen molar-refractivity contribution in [1.29, 1.82) is 0 Å². The number of likely N-dealkylation sites (tertiary alicyclic amines) is 1. The van der Waals surface area contributed by atoms with Crippen LogP contribution >= 0.6 is 0 Å². The number of amides is 1. The molecule has 0 aromatic carbocycles. The molecule has 5 rings (SSSR count). The highest BCUT2D eigenvalue weighted by atomic mass is 16.5. The fourth-order valence-electron chi connectivity index (χ4n) is 4.12. The molecular formula is C21H24N6O3. The van der Waals surface area contributed by atoms with Crippen LogP contribution < -0.4 is 10.3 Å². The van der Waals surface area contributed by atoms with E-state index in [0.29, 0.717) is 30.3 Å². The number of pyridine rings is 1. The summed E-state index contributed by atoms with van der Waals surface area (Å²) in [5, 5.41) is 13.5. The number of hydrogen-bond acceptors (Lipinski definition) is 6. The lowest BCUT2D eigenvalue weighted by Gasteiger charge is -2.31. The summed E-state index contributed by atoms with van der Waals surface area (Å²) in [4.78, 5) is 26.7. The molecule has 9 nitrogen and oxygen atoms in total. The Morgan fingerprint density at radius 3 is 2.57 bits per heavy atom. The normalized spacial score (nSPS) is 17.5. The number of fused-ring (bicyclic) bond motifs is 1. The molecule has 0 atom stereocenters. The van der Waals surface area contributed by atoms with E-state index in [2.05, 4.69) is 10.2 Å². The smallest absolute Gasteiger partial charge is 0.259 e. The molecule has 0 spiro atoms. The number of rotatable bonds is 4. The number of piperidine rings is 1. The molecule has 0 radical (unpaired) electrons. The minimum Gasteiger partial charge on any atom is -0.496 e. The van der Waals surface area contributed by atoms with Gasteiger partial charge >= 0.3 is 0 Å². The highest BCUT2D eigenvalue weighted by molar-refractivity contribution is 5.96. The van der Waals surface area contributed by atoms with Crippen LogP contribution in [0.4, 0.5) is 0 Å². The highest BCUT2D eigenvalue weighted by Gasteiger charge is 2.30. The number of aromatic nitrogens is 5. The summed E-state index contributed by atoms with van der Waals surface area (Å²) in [5.74, 6) is 1.83. The summed E-state index contributed by atoms with van der Waals surface area (Å²) in [5.41, 5.74) is 2.07. The first-order valence-corrected chi connectivity index (χ1v) is 10.3. The van der Waals surface area contributed by atoms with Gasteiger partial charge in [0.2, 0.25) is 0 Å². The maximum absolute atomic E-state index is 13.1. The van der Waals surface area contributed by atoms with E-state index in [1.54, 1.807) is 13.2 Å². The first-order chi connectivity index (χ1) is 14.5. The minimum absolute atomic E-state index is 0.124. The van der Waals surface area contributed by atoms with Crippen LogP contribution in [0.3, 0.4) is 0 Å². The zero-order valence-electron chi connectivity index (χ0n) is 17.1. The van der Waals surface area contributed by atoms with Crippen molar-refractivity contribution in [2.75, 3.05) is 20.2 Å². The van der Waals surface area contributed by atoms with Crippen LogP contribution in [0.5, 0.6) is 5.75 Å². The predicted octanol–water partition coefficient (Wildman–Crippen LogP) is 1.73. The van der Waals surface area contributed by atoms with E-state index in [-0.39, 0.29) is 17.4 Å². The lowest BCUT2D eigenvalue weighted by Crippen LogP contribution is -2.39. The Balaban J connectivity index is 1.34. The summed E-state index contributed by atoms with van der Waals surface area (Å²) in [7, 11) is 3.10. The maximum atomic E-state index is 13.1. The van der Waals surface area contributed by atoms with Crippen LogP contribution in [0, 0.1) is 0 Å². The zero-order valence-corrected chi connectivity index (χ0v) is 17.1. The lowest BCUT2D eigenvalue weighted by atomic mass is 9.95. The Morgan fingerprint density at radius 2 is 1.87 bits per heavy atom. The van der Waals surface area contributed by atoms with Crippen molar-refractivity contribution >= 4 is 11.6 Å². The van der Waals surface area contributed by atoms with Gasteiger partial charge in [-0.05, 0) is 37.8 Å². The molecule has 2 aliphatic rings. The van der Waals surface area contributed by atoms with Gasteiger partial charge in [0.05, 0.1) is 18.4 Å². The molecule has 1 saturated carbocycles. The number of ether oxygens (including phenoxy) is 1. The molecule has 1 amide bonds. The third-order valence-electron chi connectivity index (χ3n) is 6.09. The Kier molecular flexibility index (Phi) is 4.52. The van der Waals surface area contributed by atoms with Gasteiger partial charge in [-0.15, -0.1) is 10.2 Å². The van der Waals surface area contributed by atoms with Gasteiger partial charge in [0.25, 0.3) is 11.5 Å². The average molecular weight is 408 g/mol. The third-order valence-corrected chi connectivity index (χ3v) is 6.09. The average Bonchev–Trinajstić information content (AvgIpc) is 3.54. The molecule has 30 heavy (non-hydrogen) atoms. The van der Waals surface area contributed by atoms with Crippen molar-refractivity contribution in [3.05, 3.63) is 51.8 Å². The number of carbonyl (C=O) groups excluding carboxylic acids is 1. The molecule has 1 saturated heterocycles. The second-order valence-corrected chi connectivity index (χ2v) is 8.13. The SMILES string of the molecule is COc1cc(=O)n(C)cc1C(=O)N1CCC(c2nnc3ccc(C4CC4)nn23)CC1. The van der Waals surface area contributed by atoms with Crippen molar-refractivity contribution in [2.45, 2.75) is 37.5 Å². The summed E-state index contributed by atoms with van der Waals surface area (Å²) < 4.78 is 8.54. The molecule has 1 aliphatic carbocycles. The number of methoxy groups -OCH3 is 1. The number of nitrogens with zero attached hydrogens (tertiary/aromatic N) is 6. The third kappa shape index (κ3) is 3.24. The van der Waals surface area contributed by atoms with E-state index in [1.165, 1.54) is 30.6 Å². The molecule has 1 aliphatic heterocycles. The molecule has 156 valence electrons. The first-order valence-electron chi connectivity index (χ1n) is 10.3. The maximum Gasteiger partial charge on any atom is 0.259 e. The molecule has 3 aromatic heterocycles. The quantitative estimate of drug-likeness (QED) is 0.653. The minimum atomic E-state index is -0.209. The largest absolute Gasteiger partial charge is 0.496 e. The standard InChI is InChI=1S/C21H24N6O3/c1-25-12-15(17(30-2)11-19(25)28)21(29)26-9-7-14(8-10-26)20-23-22-18-6-5-16(13-3-4-13)24-27(18)20/h5-6,11-14H,3-4,7-10H2,1-2H3. The number of hydrogen-bond donors (Lipinski definition) is 0. The van der Waals surface area contributed by atoms with Crippen LogP contribution in [0.2, 0.25) is 0 Å². The Bertz CT molecular complexity index is 1170. The van der Waals surface area contributed by atoms with Gasteiger partial charge in [-0.25, -0.2) is 0 Å². The van der Waals surface area contributed by atoms with Gasteiger partial charge in [-0.3, -0.25) is 9.59 Å². The van der Waals surface area contributed by atoms with Gasteiger partial charge in [-0.1, -0.05) is 0 Å².